The number of ether oxygens (including phenoxy) is 1. The van der Waals surface area contributed by atoms with Gasteiger partial charge < -0.3 is 14.2 Å². The van der Waals surface area contributed by atoms with E-state index in [1.54, 1.807) is 24.3 Å². The van der Waals surface area contributed by atoms with Crippen LogP contribution in [-0.4, -0.2) is 46.1 Å². The van der Waals surface area contributed by atoms with Gasteiger partial charge in [-0.15, -0.1) is 0 Å². The zero-order valence-electron chi connectivity index (χ0n) is 16.1. The Hall–Kier alpha value is -3.53. The third kappa shape index (κ3) is 4.90. The molecule has 2 heterocycles. The maximum atomic E-state index is 12.9. The topological polar surface area (TPSA) is 97.8 Å². The number of halogens is 1. The molecule has 0 spiro atoms. The van der Waals surface area contributed by atoms with Gasteiger partial charge in [0.05, 0.1) is 11.5 Å². The Morgan fingerprint density at radius 3 is 2.43 bits per heavy atom. The minimum Gasteiger partial charge on any atom is -0.485 e. The van der Waals surface area contributed by atoms with Crippen LogP contribution in [0.4, 0.5) is 15.8 Å². The fraction of sp³-hybridized carbons (Fsp3) is 0.300. The van der Waals surface area contributed by atoms with E-state index in [4.69, 9.17) is 9.26 Å². The van der Waals surface area contributed by atoms with Crippen molar-refractivity contribution in [3.8, 4) is 5.75 Å². The number of non-ortho nitro benzene ring substituents is 1. The van der Waals surface area contributed by atoms with Gasteiger partial charge in [0.25, 0.3) is 5.69 Å². The molecule has 1 aromatic heterocycles. The molecule has 1 aliphatic heterocycles. The normalized spacial score (nSPS) is 14.6. The lowest BCUT2D eigenvalue weighted by Gasteiger charge is -2.35. The quantitative estimate of drug-likeness (QED) is 0.431. The summed E-state index contributed by atoms with van der Waals surface area (Å²) in [5, 5.41) is 14.7. The smallest absolute Gasteiger partial charge is 0.269 e. The van der Waals surface area contributed by atoms with Crippen LogP contribution in [-0.2, 0) is 13.2 Å². The van der Waals surface area contributed by atoms with Gasteiger partial charge in [-0.25, -0.2) is 4.39 Å². The van der Waals surface area contributed by atoms with Crippen LogP contribution < -0.4 is 9.64 Å². The molecule has 3 aromatic rings. The molecule has 30 heavy (non-hydrogen) atoms. The third-order valence-electron chi connectivity index (χ3n) is 4.85. The zero-order valence-corrected chi connectivity index (χ0v) is 16.1. The standard InChI is InChI=1S/C20H20FN5O4/c21-15-1-7-18(8-2-15)29-14-19-22-20(30-23-19)13-24-9-11-25(12-10-24)16-3-5-17(6-4-16)26(27)28/h1-8H,9-14H2. The number of anilines is 1. The number of aromatic nitrogens is 2. The minimum absolute atomic E-state index is 0.0907. The molecule has 0 atom stereocenters. The number of piperazine rings is 1. The molecular formula is C20H20FN5O4. The maximum Gasteiger partial charge on any atom is 0.269 e. The SMILES string of the molecule is O=[N+]([O-])c1ccc(N2CCN(Cc3nc(COc4ccc(F)cc4)no3)CC2)cc1. The highest BCUT2D eigenvalue weighted by molar-refractivity contribution is 5.51. The molecule has 156 valence electrons. The van der Waals surface area contributed by atoms with Gasteiger partial charge in [-0.05, 0) is 36.4 Å². The van der Waals surface area contributed by atoms with E-state index in [9.17, 15) is 14.5 Å². The molecule has 0 N–H and O–H groups in total. The molecule has 10 heteroatoms. The van der Waals surface area contributed by atoms with Crippen molar-refractivity contribution in [3.05, 3.63) is 76.2 Å². The fourth-order valence-electron chi connectivity index (χ4n) is 3.23. The van der Waals surface area contributed by atoms with Crippen LogP contribution >= 0.6 is 0 Å². The van der Waals surface area contributed by atoms with Gasteiger partial charge in [0.15, 0.2) is 6.61 Å². The summed E-state index contributed by atoms with van der Waals surface area (Å²) in [4.78, 5) is 19.1. The second kappa shape index (κ2) is 8.87. The van der Waals surface area contributed by atoms with Crippen LogP contribution in [0, 0.1) is 15.9 Å². The average molecular weight is 413 g/mol. The molecule has 1 fully saturated rings. The summed E-state index contributed by atoms with van der Waals surface area (Å²) in [6, 6.07) is 12.3. The van der Waals surface area contributed by atoms with Crippen molar-refractivity contribution in [1.29, 1.82) is 0 Å². The number of hydrogen-bond acceptors (Lipinski definition) is 8. The number of nitro groups is 1. The molecule has 0 aliphatic carbocycles. The highest BCUT2D eigenvalue weighted by Crippen LogP contribution is 2.21. The monoisotopic (exact) mass is 413 g/mol. The lowest BCUT2D eigenvalue weighted by Crippen LogP contribution is -2.46. The summed E-state index contributed by atoms with van der Waals surface area (Å²) in [6.07, 6.45) is 0. The highest BCUT2D eigenvalue weighted by atomic mass is 19.1. The molecule has 0 radical (unpaired) electrons. The summed E-state index contributed by atoms with van der Waals surface area (Å²) in [6.45, 7) is 3.89. The first-order chi connectivity index (χ1) is 14.6. The first-order valence-corrected chi connectivity index (χ1v) is 9.48. The van der Waals surface area contributed by atoms with E-state index in [1.165, 1.54) is 24.3 Å². The van der Waals surface area contributed by atoms with E-state index in [0.717, 1.165) is 31.9 Å². The van der Waals surface area contributed by atoms with Gasteiger partial charge in [0, 0.05) is 44.0 Å². The van der Waals surface area contributed by atoms with E-state index in [1.807, 2.05) is 0 Å². The molecule has 1 saturated heterocycles. The number of hydrogen-bond donors (Lipinski definition) is 0. The molecule has 0 unspecified atom stereocenters. The second-order valence-electron chi connectivity index (χ2n) is 6.88. The summed E-state index contributed by atoms with van der Waals surface area (Å²) >= 11 is 0. The van der Waals surface area contributed by atoms with Crippen molar-refractivity contribution in [2.24, 2.45) is 0 Å². The molecular weight excluding hydrogens is 393 g/mol. The average Bonchev–Trinajstić information content (AvgIpc) is 3.21. The Bertz CT molecular complexity index is 985. The first-order valence-electron chi connectivity index (χ1n) is 9.48. The van der Waals surface area contributed by atoms with Gasteiger partial charge in [-0.1, -0.05) is 5.16 Å². The van der Waals surface area contributed by atoms with Crippen LogP contribution in [0.2, 0.25) is 0 Å². The Morgan fingerprint density at radius 2 is 1.77 bits per heavy atom. The molecule has 0 bridgehead atoms. The van der Waals surface area contributed by atoms with Gasteiger partial charge in [-0.3, -0.25) is 15.0 Å². The number of benzene rings is 2. The van der Waals surface area contributed by atoms with E-state index in [2.05, 4.69) is 19.9 Å². The number of nitro benzene ring substituents is 1. The van der Waals surface area contributed by atoms with Crippen LogP contribution in [0.1, 0.15) is 11.7 Å². The Balaban J connectivity index is 1.25. The van der Waals surface area contributed by atoms with Crippen molar-refractivity contribution in [1.82, 2.24) is 15.0 Å². The summed E-state index contributed by atoms with van der Waals surface area (Å²) in [5.74, 6) is 1.15. The van der Waals surface area contributed by atoms with Crippen molar-refractivity contribution in [2.45, 2.75) is 13.2 Å². The van der Waals surface area contributed by atoms with Crippen LogP contribution in [0.25, 0.3) is 0 Å². The molecule has 0 saturated carbocycles. The van der Waals surface area contributed by atoms with E-state index < -0.39 is 4.92 Å². The molecule has 1 aliphatic rings. The minimum atomic E-state index is -0.398. The van der Waals surface area contributed by atoms with E-state index in [-0.39, 0.29) is 18.1 Å². The molecule has 0 amide bonds. The van der Waals surface area contributed by atoms with Crippen LogP contribution in [0.5, 0.6) is 5.75 Å². The van der Waals surface area contributed by atoms with Crippen LogP contribution in [0.3, 0.4) is 0 Å². The number of rotatable bonds is 7. The van der Waals surface area contributed by atoms with Gasteiger partial charge >= 0.3 is 0 Å². The maximum absolute atomic E-state index is 12.9. The Labute approximate surface area is 171 Å². The number of nitrogens with zero attached hydrogens (tertiary/aromatic N) is 5. The van der Waals surface area contributed by atoms with Crippen molar-refractivity contribution in [3.63, 3.8) is 0 Å². The lowest BCUT2D eigenvalue weighted by atomic mass is 10.2. The van der Waals surface area contributed by atoms with Crippen LogP contribution in [0.15, 0.2) is 53.1 Å². The highest BCUT2D eigenvalue weighted by Gasteiger charge is 2.20. The largest absolute Gasteiger partial charge is 0.485 e. The second-order valence-corrected chi connectivity index (χ2v) is 6.88. The third-order valence-corrected chi connectivity index (χ3v) is 4.85. The lowest BCUT2D eigenvalue weighted by molar-refractivity contribution is -0.384. The van der Waals surface area contributed by atoms with E-state index in [0.29, 0.717) is 24.0 Å². The molecule has 4 rings (SSSR count). The predicted octanol–water partition coefficient (Wildman–Crippen LogP) is 3.02. The van der Waals surface area contributed by atoms with Gasteiger partial charge in [0.1, 0.15) is 11.6 Å². The Morgan fingerprint density at radius 1 is 1.07 bits per heavy atom. The van der Waals surface area contributed by atoms with Crippen molar-refractivity contribution < 1.29 is 18.6 Å². The summed E-state index contributed by atoms with van der Waals surface area (Å²) < 4.78 is 23.7. The first kappa shape index (κ1) is 19.8. The predicted molar refractivity (Wildman–Crippen MR) is 106 cm³/mol. The van der Waals surface area contributed by atoms with Crippen molar-refractivity contribution in [2.75, 3.05) is 31.1 Å². The van der Waals surface area contributed by atoms with Crippen molar-refractivity contribution >= 4 is 11.4 Å². The van der Waals surface area contributed by atoms with E-state index >= 15 is 0 Å². The summed E-state index contributed by atoms with van der Waals surface area (Å²) in [5.41, 5.74) is 1.06. The summed E-state index contributed by atoms with van der Waals surface area (Å²) in [7, 11) is 0. The van der Waals surface area contributed by atoms with Gasteiger partial charge in [-0.2, -0.15) is 4.98 Å². The fourth-order valence-corrected chi connectivity index (χ4v) is 3.23. The van der Waals surface area contributed by atoms with Gasteiger partial charge in [0.2, 0.25) is 11.7 Å². The zero-order chi connectivity index (χ0) is 20.9. The molecule has 2 aromatic carbocycles. The molecule has 9 nitrogen and oxygen atoms in total. The Kier molecular flexibility index (Phi) is 5.84.